The number of likely N-dealkylation sites (tertiary alicyclic amines) is 1. The van der Waals surface area contributed by atoms with Gasteiger partial charge in [0.2, 0.25) is 0 Å². The van der Waals surface area contributed by atoms with Crippen LogP contribution in [0.3, 0.4) is 0 Å². The molecule has 3 aromatic rings. The summed E-state index contributed by atoms with van der Waals surface area (Å²) in [5, 5.41) is 12.4. The molecule has 1 amide bonds. The number of amides is 1. The van der Waals surface area contributed by atoms with Crippen LogP contribution in [0.2, 0.25) is 0 Å². The van der Waals surface area contributed by atoms with Gasteiger partial charge in [-0.1, -0.05) is 48.5 Å². The maximum absolute atomic E-state index is 13.4. The molecule has 0 bridgehead atoms. The number of carbonyl (C=O) groups excluding carboxylic acids is 1. The Morgan fingerprint density at radius 1 is 1.07 bits per heavy atom. The quantitative estimate of drug-likeness (QED) is 0.294. The van der Waals surface area contributed by atoms with Gasteiger partial charge in [-0.15, -0.1) is 0 Å². The number of thioether (sulfide) groups is 1. The molecule has 7 nitrogen and oxygen atoms in total. The number of hydrogen-bond donors (Lipinski definition) is 2. The first-order valence-electron chi connectivity index (χ1n) is 13.6. The van der Waals surface area contributed by atoms with E-state index in [1.54, 1.807) is 18.9 Å². The number of carboxylic acid groups (broad SMARTS) is 1. The summed E-state index contributed by atoms with van der Waals surface area (Å²) in [4.78, 5) is 27.6. The minimum Gasteiger partial charge on any atom is -0.489 e. The van der Waals surface area contributed by atoms with Gasteiger partial charge < -0.3 is 19.9 Å². The molecule has 8 heteroatoms. The van der Waals surface area contributed by atoms with Crippen LogP contribution in [0.4, 0.5) is 0 Å². The van der Waals surface area contributed by atoms with Crippen LogP contribution in [-0.2, 0) is 16.1 Å². The summed E-state index contributed by atoms with van der Waals surface area (Å²) in [6.45, 7) is 4.06. The van der Waals surface area contributed by atoms with Gasteiger partial charge in [0, 0.05) is 38.2 Å². The first-order valence-corrected chi connectivity index (χ1v) is 14.9. The van der Waals surface area contributed by atoms with Crippen LogP contribution < -0.4 is 10.1 Å². The number of rotatable bonds is 13. The number of aryl methyl sites for hydroxylation is 1. The summed E-state index contributed by atoms with van der Waals surface area (Å²) in [6, 6.07) is 22.9. The molecule has 2 N–H and O–H groups in total. The second-order valence-electron chi connectivity index (χ2n) is 10.2. The van der Waals surface area contributed by atoms with Crippen LogP contribution in [0, 0.1) is 6.92 Å². The molecule has 1 heterocycles. The van der Waals surface area contributed by atoms with E-state index in [1.807, 2.05) is 79.9 Å². The van der Waals surface area contributed by atoms with Gasteiger partial charge in [-0.25, -0.2) is 4.79 Å². The van der Waals surface area contributed by atoms with Crippen LogP contribution in [0.1, 0.15) is 34.3 Å². The van der Waals surface area contributed by atoms with Crippen molar-refractivity contribution < 1.29 is 24.2 Å². The number of nitrogens with zero attached hydrogens (tertiary/aromatic N) is 1. The number of benzene rings is 3. The van der Waals surface area contributed by atoms with E-state index in [-0.39, 0.29) is 18.1 Å². The van der Waals surface area contributed by atoms with Crippen molar-refractivity contribution in [3.05, 3.63) is 89.5 Å². The highest BCUT2D eigenvalue weighted by Crippen LogP contribution is 2.31. The van der Waals surface area contributed by atoms with Crippen molar-refractivity contribution >= 4 is 23.6 Å². The molecule has 0 saturated carbocycles. The molecule has 0 spiro atoms. The molecule has 0 aliphatic carbocycles. The van der Waals surface area contributed by atoms with Gasteiger partial charge in [0.25, 0.3) is 5.91 Å². The topological polar surface area (TPSA) is 88.1 Å². The van der Waals surface area contributed by atoms with E-state index < -0.39 is 12.0 Å². The van der Waals surface area contributed by atoms with Crippen LogP contribution >= 0.6 is 11.8 Å². The number of methoxy groups -OCH3 is 1. The zero-order valence-corrected chi connectivity index (χ0v) is 24.2. The average Bonchev–Trinajstić information content (AvgIpc) is 3.31. The molecule has 212 valence electrons. The Hall–Kier alpha value is -3.33. The fourth-order valence-electron chi connectivity index (χ4n) is 5.22. The first kappa shape index (κ1) is 29.6. The SMILES string of the molecule is COCC1C[C@@H](Oc2ccccc2)CN1Cc1ccc(C(=O)N[C@@H](CCSC)C(=O)O)c(-c2ccccc2C)c1. The minimum atomic E-state index is -1.03. The molecular weight excluding hydrogens is 524 g/mol. The highest BCUT2D eigenvalue weighted by atomic mass is 32.2. The maximum atomic E-state index is 13.4. The van der Waals surface area contributed by atoms with Crippen molar-refractivity contribution in [1.29, 1.82) is 0 Å². The van der Waals surface area contributed by atoms with Crippen molar-refractivity contribution in [3.63, 3.8) is 0 Å². The van der Waals surface area contributed by atoms with E-state index in [0.29, 0.717) is 30.9 Å². The zero-order chi connectivity index (χ0) is 28.5. The van der Waals surface area contributed by atoms with Crippen LogP contribution in [0.25, 0.3) is 11.1 Å². The molecule has 4 rings (SSSR count). The lowest BCUT2D eigenvalue weighted by molar-refractivity contribution is -0.139. The van der Waals surface area contributed by atoms with Gasteiger partial charge in [0.1, 0.15) is 17.9 Å². The number of nitrogens with one attached hydrogen (secondary N) is 1. The molecule has 3 aromatic carbocycles. The third kappa shape index (κ3) is 7.65. The Bertz CT molecular complexity index is 1290. The summed E-state index contributed by atoms with van der Waals surface area (Å²) >= 11 is 1.56. The predicted molar refractivity (Wildman–Crippen MR) is 160 cm³/mol. The monoisotopic (exact) mass is 562 g/mol. The number of aliphatic carboxylic acids is 1. The molecule has 1 saturated heterocycles. The normalized spacial score (nSPS) is 17.9. The number of carbonyl (C=O) groups is 2. The highest BCUT2D eigenvalue weighted by molar-refractivity contribution is 7.98. The number of hydrogen-bond acceptors (Lipinski definition) is 6. The zero-order valence-electron chi connectivity index (χ0n) is 23.3. The molecule has 0 aromatic heterocycles. The second kappa shape index (κ2) is 14.3. The smallest absolute Gasteiger partial charge is 0.326 e. The molecule has 1 aliphatic heterocycles. The highest BCUT2D eigenvalue weighted by Gasteiger charge is 2.33. The van der Waals surface area contributed by atoms with Gasteiger partial charge in [0.15, 0.2) is 0 Å². The Morgan fingerprint density at radius 2 is 1.82 bits per heavy atom. The Kier molecular flexibility index (Phi) is 10.6. The van der Waals surface area contributed by atoms with Crippen molar-refractivity contribution in [1.82, 2.24) is 10.2 Å². The summed E-state index contributed by atoms with van der Waals surface area (Å²) in [5.41, 5.74) is 4.31. The third-order valence-electron chi connectivity index (χ3n) is 7.26. The molecule has 1 unspecified atom stereocenters. The van der Waals surface area contributed by atoms with Crippen molar-refractivity contribution in [3.8, 4) is 16.9 Å². The van der Waals surface area contributed by atoms with E-state index >= 15 is 0 Å². The maximum Gasteiger partial charge on any atom is 0.326 e. The average molecular weight is 563 g/mol. The number of ether oxygens (including phenoxy) is 2. The van der Waals surface area contributed by atoms with E-state index in [1.165, 1.54) is 0 Å². The molecule has 40 heavy (non-hydrogen) atoms. The van der Waals surface area contributed by atoms with Gasteiger partial charge in [-0.2, -0.15) is 11.8 Å². The second-order valence-corrected chi connectivity index (χ2v) is 11.2. The lowest BCUT2D eigenvalue weighted by atomic mass is 9.93. The van der Waals surface area contributed by atoms with E-state index in [0.717, 1.165) is 41.0 Å². The summed E-state index contributed by atoms with van der Waals surface area (Å²) < 4.78 is 11.8. The van der Waals surface area contributed by atoms with E-state index in [9.17, 15) is 14.7 Å². The van der Waals surface area contributed by atoms with Crippen LogP contribution in [-0.4, -0.2) is 72.3 Å². The summed E-state index contributed by atoms with van der Waals surface area (Å²) in [5.74, 6) is 0.101. The van der Waals surface area contributed by atoms with Gasteiger partial charge in [-0.3, -0.25) is 9.69 Å². The molecule has 0 radical (unpaired) electrons. The van der Waals surface area contributed by atoms with E-state index in [4.69, 9.17) is 9.47 Å². The largest absolute Gasteiger partial charge is 0.489 e. The van der Waals surface area contributed by atoms with Crippen LogP contribution in [0.15, 0.2) is 72.8 Å². The number of para-hydroxylation sites is 1. The first-order chi connectivity index (χ1) is 19.4. The Morgan fingerprint density at radius 3 is 2.52 bits per heavy atom. The molecule has 1 fully saturated rings. The van der Waals surface area contributed by atoms with Gasteiger partial charge >= 0.3 is 5.97 Å². The van der Waals surface area contributed by atoms with Crippen molar-refractivity contribution in [2.24, 2.45) is 0 Å². The standard InChI is InChI=1S/C32H38N2O5S/c1-22-9-7-8-12-27(22)29-17-23(13-14-28(29)31(35)33-30(32(36)37)15-16-40-3)19-34-20-26(18-24(34)21-38-2)39-25-10-5-4-6-11-25/h4-14,17,24,26,30H,15-16,18-21H2,1-3H3,(H,33,35)(H,36,37)/t24?,26-,30+/m1/s1. The fourth-order valence-corrected chi connectivity index (χ4v) is 5.69. The van der Waals surface area contributed by atoms with Crippen LogP contribution in [0.5, 0.6) is 5.75 Å². The molecule has 1 aliphatic rings. The number of carboxylic acids is 1. The van der Waals surface area contributed by atoms with E-state index in [2.05, 4.69) is 16.3 Å². The minimum absolute atomic E-state index is 0.0534. The lowest BCUT2D eigenvalue weighted by Gasteiger charge is -2.24. The fraction of sp³-hybridized carbons (Fsp3) is 0.375. The van der Waals surface area contributed by atoms with Crippen molar-refractivity contribution in [2.45, 2.75) is 44.5 Å². The molecule has 3 atom stereocenters. The Balaban J connectivity index is 1.59. The molecular formula is C32H38N2O5S. The van der Waals surface area contributed by atoms with Crippen molar-refractivity contribution in [2.75, 3.05) is 32.3 Å². The van der Waals surface area contributed by atoms with Gasteiger partial charge in [-0.05, 0) is 71.9 Å². The summed E-state index contributed by atoms with van der Waals surface area (Å²) in [6.07, 6.45) is 3.20. The third-order valence-corrected chi connectivity index (χ3v) is 7.90. The summed E-state index contributed by atoms with van der Waals surface area (Å²) in [7, 11) is 1.72. The lowest BCUT2D eigenvalue weighted by Crippen LogP contribution is -2.41. The van der Waals surface area contributed by atoms with Gasteiger partial charge in [0.05, 0.1) is 6.61 Å². The Labute approximate surface area is 240 Å². The predicted octanol–water partition coefficient (Wildman–Crippen LogP) is 5.27.